The molecule has 2 heterocycles. The molecule has 2 aromatic carbocycles. The lowest BCUT2D eigenvalue weighted by Gasteiger charge is -2.15. The maximum Gasteiger partial charge on any atom is 0.254 e. The van der Waals surface area contributed by atoms with Crippen molar-refractivity contribution < 1.29 is 14.4 Å². The van der Waals surface area contributed by atoms with Crippen LogP contribution in [-0.2, 0) is 30.7 Å². The van der Waals surface area contributed by atoms with Crippen molar-refractivity contribution in [2.45, 2.75) is 63.8 Å². The van der Waals surface area contributed by atoms with E-state index in [1.165, 1.54) is 29.2 Å². The van der Waals surface area contributed by atoms with Gasteiger partial charge in [-0.3, -0.25) is 14.4 Å². The van der Waals surface area contributed by atoms with E-state index in [9.17, 15) is 14.4 Å². The van der Waals surface area contributed by atoms with Crippen molar-refractivity contribution in [1.29, 1.82) is 0 Å². The summed E-state index contributed by atoms with van der Waals surface area (Å²) in [6, 6.07) is 14.0. The Morgan fingerprint density at radius 3 is 2.55 bits per heavy atom. The number of nitrogens with zero attached hydrogens (tertiary/aromatic N) is 3. The van der Waals surface area contributed by atoms with Gasteiger partial charge in [0, 0.05) is 23.5 Å². The number of hydrogen-bond acceptors (Lipinski definition) is 7. The van der Waals surface area contributed by atoms with Crippen molar-refractivity contribution in [2.24, 2.45) is 0 Å². The number of hydrogen-bond donors (Lipinski definition) is 3. The summed E-state index contributed by atoms with van der Waals surface area (Å²) in [7, 11) is 0. The fourth-order valence-electron chi connectivity index (χ4n) is 5.06. The molecule has 44 heavy (non-hydrogen) atoms. The molecule has 0 saturated heterocycles. The Kier molecular flexibility index (Phi) is 10.6. The molecule has 0 bridgehead atoms. The van der Waals surface area contributed by atoms with E-state index in [1.54, 1.807) is 12.1 Å². The van der Waals surface area contributed by atoms with E-state index in [0.29, 0.717) is 50.2 Å². The average molecular weight is 672 g/mol. The normalized spacial score (nSPS) is 13.2. The van der Waals surface area contributed by atoms with E-state index in [2.05, 4.69) is 26.1 Å². The van der Waals surface area contributed by atoms with Gasteiger partial charge in [-0.05, 0) is 68.9 Å². The minimum Gasteiger partial charge on any atom is -0.348 e. The first-order valence-electron chi connectivity index (χ1n) is 14.3. The van der Waals surface area contributed by atoms with Gasteiger partial charge in [-0.15, -0.1) is 21.5 Å². The Balaban J connectivity index is 1.23. The second-order valence-corrected chi connectivity index (χ2v) is 13.2. The van der Waals surface area contributed by atoms with Crippen molar-refractivity contribution in [1.82, 2.24) is 25.4 Å². The number of fused-ring (bicyclic) bond motifs is 1. The molecule has 0 spiro atoms. The number of carbonyl (C=O) groups excluding carboxylic acids is 3. The molecule has 2 aromatic heterocycles. The number of thiophene rings is 1. The van der Waals surface area contributed by atoms with E-state index in [-0.39, 0.29) is 23.5 Å². The van der Waals surface area contributed by atoms with Gasteiger partial charge in [0.15, 0.2) is 11.0 Å². The maximum atomic E-state index is 13.4. The summed E-state index contributed by atoms with van der Waals surface area (Å²) in [5, 5.41) is 19.3. The standard InChI is InChI=1S/C31H32Cl2N6O3S2/c1-3-39-27(18(2)35-28(41)20-13-14-22(32)23(33)15-20)37-38-31(39)43-17-25(40)36-30-26(21-11-7-8-12-24(21)44-30)29(42)34-16-19-9-5-4-6-10-19/h4-6,9-10,13-15,18H,3,7-8,11-12,16-17H2,1-2H3,(H,34,42)(H,35,41)(H,36,40)/t18-/m0/s1. The molecular weight excluding hydrogens is 639 g/mol. The summed E-state index contributed by atoms with van der Waals surface area (Å²) in [6.45, 7) is 4.72. The van der Waals surface area contributed by atoms with Crippen LogP contribution in [0.2, 0.25) is 10.0 Å². The number of benzene rings is 2. The zero-order chi connectivity index (χ0) is 31.2. The number of nitrogens with one attached hydrogen (secondary N) is 3. The smallest absolute Gasteiger partial charge is 0.254 e. The fourth-order valence-corrected chi connectivity index (χ4v) is 7.47. The highest BCUT2D eigenvalue weighted by Crippen LogP contribution is 2.38. The Bertz CT molecular complexity index is 1670. The molecule has 0 aliphatic heterocycles. The molecule has 230 valence electrons. The molecule has 3 N–H and O–H groups in total. The average Bonchev–Trinajstić information content (AvgIpc) is 3.61. The van der Waals surface area contributed by atoms with E-state index in [4.69, 9.17) is 23.2 Å². The van der Waals surface area contributed by atoms with Gasteiger partial charge in [0.2, 0.25) is 5.91 Å². The fraction of sp³-hybridized carbons (Fsp3) is 0.323. The van der Waals surface area contributed by atoms with Crippen LogP contribution in [0.4, 0.5) is 5.00 Å². The molecule has 5 rings (SSSR count). The van der Waals surface area contributed by atoms with Gasteiger partial charge >= 0.3 is 0 Å². The van der Waals surface area contributed by atoms with Crippen LogP contribution in [0.15, 0.2) is 53.7 Å². The van der Waals surface area contributed by atoms with Crippen LogP contribution < -0.4 is 16.0 Å². The number of rotatable bonds is 11. The minimum atomic E-state index is -0.457. The SMILES string of the molecule is CCn1c(SCC(=O)Nc2sc3c(c2C(=O)NCc2ccccc2)CCCC3)nnc1[C@H](C)NC(=O)c1ccc(Cl)c(Cl)c1. The van der Waals surface area contributed by atoms with Gasteiger partial charge in [-0.25, -0.2) is 0 Å². The number of aromatic nitrogens is 3. The summed E-state index contributed by atoms with van der Waals surface area (Å²) in [4.78, 5) is 40.5. The quantitative estimate of drug-likeness (QED) is 0.153. The molecule has 1 atom stereocenters. The Labute approximate surface area is 274 Å². The predicted octanol–water partition coefficient (Wildman–Crippen LogP) is 6.70. The number of halogens is 2. The molecule has 1 aliphatic carbocycles. The van der Waals surface area contributed by atoms with E-state index < -0.39 is 6.04 Å². The summed E-state index contributed by atoms with van der Waals surface area (Å²) in [5.74, 6) is -0.0949. The molecule has 0 saturated carbocycles. The third kappa shape index (κ3) is 7.46. The Morgan fingerprint density at radius 1 is 1.02 bits per heavy atom. The molecule has 1 aliphatic rings. The van der Waals surface area contributed by atoms with Gasteiger partial charge in [0.1, 0.15) is 5.00 Å². The van der Waals surface area contributed by atoms with Crippen molar-refractivity contribution in [2.75, 3.05) is 11.1 Å². The van der Waals surface area contributed by atoms with Crippen LogP contribution in [0, 0.1) is 0 Å². The van der Waals surface area contributed by atoms with Crippen LogP contribution in [-0.4, -0.2) is 38.2 Å². The minimum absolute atomic E-state index is 0.0792. The highest BCUT2D eigenvalue weighted by atomic mass is 35.5. The zero-order valence-electron chi connectivity index (χ0n) is 24.3. The van der Waals surface area contributed by atoms with Crippen LogP contribution >= 0.6 is 46.3 Å². The van der Waals surface area contributed by atoms with Crippen LogP contribution in [0.25, 0.3) is 0 Å². The molecule has 13 heteroatoms. The first-order chi connectivity index (χ1) is 21.2. The molecule has 0 fully saturated rings. The lowest BCUT2D eigenvalue weighted by molar-refractivity contribution is -0.113. The third-order valence-corrected chi connectivity index (χ3v) is 10.2. The molecule has 0 unspecified atom stereocenters. The van der Waals surface area contributed by atoms with Crippen molar-refractivity contribution in [3.8, 4) is 0 Å². The van der Waals surface area contributed by atoms with Crippen LogP contribution in [0.3, 0.4) is 0 Å². The molecular formula is C31H32Cl2N6O3S2. The Hall–Kier alpha value is -3.38. The Morgan fingerprint density at radius 2 is 1.80 bits per heavy atom. The summed E-state index contributed by atoms with van der Waals surface area (Å²) >= 11 is 14.8. The van der Waals surface area contributed by atoms with Crippen molar-refractivity contribution in [3.05, 3.63) is 91.5 Å². The molecule has 9 nitrogen and oxygen atoms in total. The van der Waals surface area contributed by atoms with E-state index >= 15 is 0 Å². The molecule has 4 aromatic rings. The van der Waals surface area contributed by atoms with Crippen LogP contribution in [0.1, 0.15) is 75.3 Å². The molecule has 3 amide bonds. The molecule has 0 radical (unpaired) electrons. The van der Waals surface area contributed by atoms with Crippen molar-refractivity contribution in [3.63, 3.8) is 0 Å². The highest BCUT2D eigenvalue weighted by molar-refractivity contribution is 7.99. The number of amides is 3. The van der Waals surface area contributed by atoms with Gasteiger partial charge in [-0.1, -0.05) is 65.3 Å². The van der Waals surface area contributed by atoms with Gasteiger partial charge < -0.3 is 20.5 Å². The second-order valence-electron chi connectivity index (χ2n) is 10.3. The van der Waals surface area contributed by atoms with Gasteiger partial charge in [-0.2, -0.15) is 0 Å². The monoisotopic (exact) mass is 670 g/mol. The van der Waals surface area contributed by atoms with Crippen LogP contribution in [0.5, 0.6) is 0 Å². The maximum absolute atomic E-state index is 13.4. The second kappa shape index (κ2) is 14.6. The summed E-state index contributed by atoms with van der Waals surface area (Å²) in [5.41, 5.74) is 3.00. The lowest BCUT2D eigenvalue weighted by atomic mass is 9.95. The highest BCUT2D eigenvalue weighted by Gasteiger charge is 2.27. The summed E-state index contributed by atoms with van der Waals surface area (Å²) < 4.78 is 1.87. The number of aryl methyl sites for hydroxylation is 1. The topological polar surface area (TPSA) is 118 Å². The number of carbonyl (C=O) groups is 3. The van der Waals surface area contributed by atoms with Gasteiger partial charge in [0.25, 0.3) is 11.8 Å². The number of thioether (sulfide) groups is 1. The lowest BCUT2D eigenvalue weighted by Crippen LogP contribution is -2.28. The first kappa shape index (κ1) is 32.0. The van der Waals surface area contributed by atoms with Gasteiger partial charge in [0.05, 0.1) is 27.4 Å². The largest absolute Gasteiger partial charge is 0.348 e. The van der Waals surface area contributed by atoms with E-state index in [1.807, 2.05) is 48.7 Å². The first-order valence-corrected chi connectivity index (χ1v) is 16.9. The third-order valence-electron chi connectivity index (χ3n) is 7.26. The number of anilines is 1. The van der Waals surface area contributed by atoms with Crippen molar-refractivity contribution >= 4 is 69.0 Å². The summed E-state index contributed by atoms with van der Waals surface area (Å²) in [6.07, 6.45) is 3.83. The zero-order valence-corrected chi connectivity index (χ0v) is 27.4. The van der Waals surface area contributed by atoms with E-state index in [0.717, 1.165) is 41.7 Å². The predicted molar refractivity (Wildman–Crippen MR) is 176 cm³/mol.